The van der Waals surface area contributed by atoms with Crippen molar-refractivity contribution >= 4 is 6.08 Å². The Morgan fingerprint density at radius 1 is 1.29 bits per heavy atom. The van der Waals surface area contributed by atoms with Crippen LogP contribution in [0.15, 0.2) is 43.5 Å². The Bertz CT molecular complexity index is 319. The van der Waals surface area contributed by atoms with Crippen molar-refractivity contribution in [3.05, 3.63) is 49.1 Å². The van der Waals surface area contributed by atoms with Gasteiger partial charge in [-0.05, 0) is 23.8 Å². The van der Waals surface area contributed by atoms with Crippen LogP contribution in [0.1, 0.15) is 5.56 Å². The summed E-state index contributed by atoms with van der Waals surface area (Å²) < 4.78 is 4.98. The molecule has 72 valence electrons. The van der Waals surface area contributed by atoms with Gasteiger partial charge in [0.25, 0.3) is 0 Å². The van der Waals surface area contributed by atoms with Crippen LogP contribution >= 0.6 is 0 Å². The van der Waals surface area contributed by atoms with Gasteiger partial charge in [0.1, 0.15) is 5.75 Å². The molecule has 0 bridgehead atoms. The van der Waals surface area contributed by atoms with Crippen LogP contribution in [-0.2, 0) is 0 Å². The van der Waals surface area contributed by atoms with Crippen LogP contribution in [0.3, 0.4) is 0 Å². The number of ether oxygens (including phenoxy) is 1. The van der Waals surface area contributed by atoms with Gasteiger partial charge in [-0.2, -0.15) is 5.26 Å². The predicted molar refractivity (Wildman–Crippen MR) is 58.9 cm³/mol. The molecule has 0 aliphatic rings. The van der Waals surface area contributed by atoms with Gasteiger partial charge in [0.15, 0.2) is 0 Å². The Hall–Kier alpha value is -2.01. The Morgan fingerprint density at radius 3 is 2.29 bits per heavy atom. The van der Waals surface area contributed by atoms with Crippen molar-refractivity contribution in [2.45, 2.75) is 0 Å². The number of hydrogen-bond acceptors (Lipinski definition) is 2. The van der Waals surface area contributed by atoms with Gasteiger partial charge in [0.2, 0.25) is 0 Å². The number of rotatable bonds is 2. The normalized spacial score (nSPS) is 8.57. The van der Waals surface area contributed by atoms with E-state index in [1.54, 1.807) is 13.2 Å². The largest absolute Gasteiger partial charge is 0.497 e. The smallest absolute Gasteiger partial charge is 0.118 e. The molecule has 0 aliphatic carbocycles. The van der Waals surface area contributed by atoms with Gasteiger partial charge in [0, 0.05) is 6.08 Å². The highest BCUT2D eigenvalue weighted by Gasteiger charge is 1.88. The number of methoxy groups -OCH3 is 1. The van der Waals surface area contributed by atoms with E-state index in [1.165, 1.54) is 6.08 Å². The molecule has 0 amide bonds. The average Bonchev–Trinajstić information content (AvgIpc) is 2.30. The third kappa shape index (κ3) is 4.13. The highest BCUT2D eigenvalue weighted by atomic mass is 16.5. The van der Waals surface area contributed by atoms with Crippen molar-refractivity contribution in [3.63, 3.8) is 0 Å². The van der Waals surface area contributed by atoms with Crippen molar-refractivity contribution in [1.82, 2.24) is 0 Å². The van der Waals surface area contributed by atoms with Crippen molar-refractivity contribution < 1.29 is 4.74 Å². The molecule has 0 aromatic heterocycles. The van der Waals surface area contributed by atoms with Gasteiger partial charge >= 0.3 is 0 Å². The van der Waals surface area contributed by atoms with Gasteiger partial charge in [-0.3, -0.25) is 0 Å². The van der Waals surface area contributed by atoms with E-state index in [9.17, 15) is 0 Å². The fraction of sp³-hybridized carbons (Fsp3) is 0.0833. The molecule has 0 saturated heterocycles. The summed E-state index contributed by atoms with van der Waals surface area (Å²) in [4.78, 5) is 0. The highest BCUT2D eigenvalue weighted by molar-refractivity contribution is 5.52. The molecule has 0 fully saturated rings. The molecular formula is C12H13NO. The number of benzene rings is 1. The quantitative estimate of drug-likeness (QED) is 0.526. The summed E-state index contributed by atoms with van der Waals surface area (Å²) in [6, 6.07) is 9.44. The topological polar surface area (TPSA) is 33.0 Å². The van der Waals surface area contributed by atoms with Crippen LogP contribution in [0.2, 0.25) is 0 Å². The molecule has 14 heavy (non-hydrogen) atoms. The standard InChI is InChI=1S/C10H9NO.C2H4/c1-12-10-6-4-9(5-7-10)3-2-8-11;1-2/h2-7H,1H3;1-2H2/b3-2+;. The Morgan fingerprint density at radius 2 is 1.86 bits per heavy atom. The fourth-order valence-electron chi connectivity index (χ4n) is 0.849. The molecule has 2 nitrogen and oxygen atoms in total. The maximum Gasteiger partial charge on any atom is 0.118 e. The summed E-state index contributed by atoms with van der Waals surface area (Å²) in [5.41, 5.74) is 0.998. The molecule has 0 saturated carbocycles. The van der Waals surface area contributed by atoms with E-state index in [4.69, 9.17) is 10.00 Å². The van der Waals surface area contributed by atoms with Gasteiger partial charge in [0.05, 0.1) is 13.2 Å². The molecule has 0 radical (unpaired) electrons. The molecule has 1 aromatic carbocycles. The first-order valence-electron chi connectivity index (χ1n) is 4.07. The van der Waals surface area contributed by atoms with Crippen molar-refractivity contribution in [2.75, 3.05) is 7.11 Å². The lowest BCUT2D eigenvalue weighted by Gasteiger charge is -1.97. The summed E-state index contributed by atoms with van der Waals surface area (Å²) in [5, 5.41) is 8.27. The molecule has 1 rings (SSSR count). The fourth-order valence-corrected chi connectivity index (χ4v) is 0.849. The lowest BCUT2D eigenvalue weighted by atomic mass is 10.2. The first-order valence-corrected chi connectivity index (χ1v) is 4.07. The van der Waals surface area contributed by atoms with E-state index < -0.39 is 0 Å². The summed E-state index contributed by atoms with van der Waals surface area (Å²) in [6.45, 7) is 6.00. The lowest BCUT2D eigenvalue weighted by molar-refractivity contribution is 0.415. The Labute approximate surface area is 84.8 Å². The minimum Gasteiger partial charge on any atom is -0.497 e. The van der Waals surface area contributed by atoms with Gasteiger partial charge in [-0.15, -0.1) is 13.2 Å². The first-order chi connectivity index (χ1) is 6.86. The third-order valence-electron chi connectivity index (χ3n) is 1.47. The maximum atomic E-state index is 8.27. The van der Waals surface area contributed by atoms with Gasteiger partial charge in [-0.1, -0.05) is 12.1 Å². The first kappa shape index (κ1) is 12.0. The maximum absolute atomic E-state index is 8.27. The van der Waals surface area contributed by atoms with Crippen molar-refractivity contribution in [1.29, 1.82) is 5.26 Å². The second-order valence-corrected chi connectivity index (χ2v) is 2.24. The lowest BCUT2D eigenvalue weighted by Crippen LogP contribution is -1.81. The van der Waals surface area contributed by atoms with Crippen molar-refractivity contribution in [2.24, 2.45) is 0 Å². The summed E-state index contributed by atoms with van der Waals surface area (Å²) in [7, 11) is 1.63. The Kier molecular flexibility index (Phi) is 6.53. The zero-order valence-electron chi connectivity index (χ0n) is 8.23. The van der Waals surface area contributed by atoms with Crippen LogP contribution in [0.4, 0.5) is 0 Å². The van der Waals surface area contributed by atoms with E-state index in [0.717, 1.165) is 11.3 Å². The Balaban J connectivity index is 0.000000791. The second kappa shape index (κ2) is 7.63. The SMILES string of the molecule is C=C.COc1ccc(/C=C/C#N)cc1. The second-order valence-electron chi connectivity index (χ2n) is 2.24. The summed E-state index contributed by atoms with van der Waals surface area (Å²) >= 11 is 0. The zero-order chi connectivity index (χ0) is 10.8. The number of nitriles is 1. The van der Waals surface area contributed by atoms with Gasteiger partial charge in [-0.25, -0.2) is 0 Å². The molecule has 2 heteroatoms. The highest BCUT2D eigenvalue weighted by Crippen LogP contribution is 2.11. The van der Waals surface area contributed by atoms with Crippen LogP contribution < -0.4 is 4.74 Å². The molecule has 0 unspecified atom stereocenters. The van der Waals surface area contributed by atoms with Gasteiger partial charge < -0.3 is 4.74 Å². The van der Waals surface area contributed by atoms with E-state index in [2.05, 4.69) is 13.2 Å². The van der Waals surface area contributed by atoms with E-state index in [0.29, 0.717) is 0 Å². The minimum absolute atomic E-state index is 0.823. The van der Waals surface area contributed by atoms with Crippen molar-refractivity contribution in [3.8, 4) is 11.8 Å². The van der Waals surface area contributed by atoms with Crippen LogP contribution in [0.5, 0.6) is 5.75 Å². The molecular weight excluding hydrogens is 174 g/mol. The van der Waals surface area contributed by atoms with E-state index in [-0.39, 0.29) is 0 Å². The molecule has 0 heterocycles. The minimum atomic E-state index is 0.823. The van der Waals surface area contributed by atoms with Crippen LogP contribution in [0, 0.1) is 11.3 Å². The molecule has 0 aliphatic heterocycles. The zero-order valence-corrected chi connectivity index (χ0v) is 8.23. The monoisotopic (exact) mass is 187 g/mol. The number of hydrogen-bond donors (Lipinski definition) is 0. The number of nitrogens with zero attached hydrogens (tertiary/aromatic N) is 1. The molecule has 1 aromatic rings. The summed E-state index contributed by atoms with van der Waals surface area (Å²) in [6.07, 6.45) is 3.20. The van der Waals surface area contributed by atoms with Crippen LogP contribution in [0.25, 0.3) is 6.08 Å². The summed E-state index contributed by atoms with van der Waals surface area (Å²) in [5.74, 6) is 0.823. The molecule has 0 atom stereocenters. The van der Waals surface area contributed by atoms with E-state index >= 15 is 0 Å². The third-order valence-corrected chi connectivity index (χ3v) is 1.47. The number of allylic oxidation sites excluding steroid dienone is 1. The average molecular weight is 187 g/mol. The molecule has 0 N–H and O–H groups in total. The van der Waals surface area contributed by atoms with Crippen LogP contribution in [-0.4, -0.2) is 7.11 Å². The molecule has 0 spiro atoms. The predicted octanol–water partition coefficient (Wildman–Crippen LogP) is 3.03. The van der Waals surface area contributed by atoms with E-state index in [1.807, 2.05) is 30.3 Å².